The van der Waals surface area contributed by atoms with Crippen LogP contribution in [0, 0.1) is 34.5 Å². The van der Waals surface area contributed by atoms with Crippen LogP contribution in [0.25, 0.3) is 0 Å². The highest BCUT2D eigenvalue weighted by Gasteiger charge is 2.63. The van der Waals surface area contributed by atoms with Gasteiger partial charge in [-0.3, -0.25) is 0 Å². The van der Waals surface area contributed by atoms with Gasteiger partial charge in [0.15, 0.2) is 0 Å². The third kappa shape index (κ3) is 2.60. The van der Waals surface area contributed by atoms with Crippen LogP contribution in [-0.2, 0) is 6.42 Å². The largest absolute Gasteiger partial charge is 0.324 e. The third-order valence-corrected chi connectivity index (χ3v) is 10.4. The second-order valence-corrected chi connectivity index (χ2v) is 11.2. The lowest BCUT2D eigenvalue weighted by molar-refractivity contribution is -0.113. The average molecular weight is 366 g/mol. The molecule has 4 aliphatic rings. The fraction of sp³-hybridized carbons (Fsp3) is 0.769. The minimum absolute atomic E-state index is 0.00565. The molecule has 0 heterocycles. The van der Waals surface area contributed by atoms with Crippen molar-refractivity contribution in [3.05, 3.63) is 35.9 Å². The molecule has 7 atom stereocenters. The number of nitrogens with two attached hydrogens (primary N) is 1. The van der Waals surface area contributed by atoms with E-state index < -0.39 is 0 Å². The van der Waals surface area contributed by atoms with E-state index in [0.717, 1.165) is 30.1 Å². The van der Waals surface area contributed by atoms with Crippen LogP contribution in [0.5, 0.6) is 0 Å². The molecule has 0 amide bonds. The van der Waals surface area contributed by atoms with Crippen LogP contribution in [0.15, 0.2) is 30.3 Å². The zero-order valence-electron chi connectivity index (χ0n) is 17.6. The van der Waals surface area contributed by atoms with Crippen LogP contribution in [0.1, 0.15) is 83.6 Å². The van der Waals surface area contributed by atoms with Crippen molar-refractivity contribution in [3.63, 3.8) is 0 Å². The summed E-state index contributed by atoms with van der Waals surface area (Å²) in [4.78, 5) is 0. The Morgan fingerprint density at radius 1 is 0.852 bits per heavy atom. The summed E-state index contributed by atoms with van der Waals surface area (Å²) in [6.45, 7) is 5.27. The zero-order chi connectivity index (χ0) is 18.7. The highest BCUT2D eigenvalue weighted by molar-refractivity contribution is 5.23. The van der Waals surface area contributed by atoms with Gasteiger partial charge in [0.1, 0.15) is 0 Å². The predicted molar refractivity (Wildman–Crippen MR) is 113 cm³/mol. The maximum absolute atomic E-state index is 7.27. The first-order chi connectivity index (χ1) is 13.0. The number of fused-ring (bicyclic) bond motifs is 5. The molecule has 4 fully saturated rings. The molecule has 0 aromatic heterocycles. The quantitative estimate of drug-likeness (QED) is 0.648. The van der Waals surface area contributed by atoms with Gasteiger partial charge in [-0.25, -0.2) is 0 Å². The molecule has 0 bridgehead atoms. The highest BCUT2D eigenvalue weighted by Crippen LogP contribution is 2.68. The van der Waals surface area contributed by atoms with Crippen LogP contribution >= 0.6 is 0 Å². The van der Waals surface area contributed by atoms with Crippen LogP contribution in [0.2, 0.25) is 0 Å². The van der Waals surface area contributed by atoms with Gasteiger partial charge in [-0.2, -0.15) is 0 Å². The van der Waals surface area contributed by atoms with E-state index in [1.165, 1.54) is 69.8 Å². The summed E-state index contributed by atoms with van der Waals surface area (Å²) < 4.78 is 0. The Bertz CT molecular complexity index is 683. The fourth-order valence-electron chi connectivity index (χ4n) is 8.72. The van der Waals surface area contributed by atoms with Crippen LogP contribution in [0.4, 0.5) is 0 Å². The number of hydrogen-bond donors (Lipinski definition) is 1. The normalized spacial score (nSPS) is 49.1. The van der Waals surface area contributed by atoms with Gasteiger partial charge >= 0.3 is 0 Å². The van der Waals surface area contributed by atoms with Crippen molar-refractivity contribution in [3.8, 4) is 0 Å². The Kier molecular flexibility index (Phi) is 4.28. The van der Waals surface area contributed by atoms with Crippen molar-refractivity contribution in [2.75, 3.05) is 0 Å². The summed E-state index contributed by atoms with van der Waals surface area (Å²) in [5, 5.41) is 0. The fourth-order valence-corrected chi connectivity index (χ4v) is 8.72. The third-order valence-electron chi connectivity index (χ3n) is 10.4. The molecule has 0 saturated heterocycles. The highest BCUT2D eigenvalue weighted by atomic mass is 14.8. The molecule has 148 valence electrons. The van der Waals surface area contributed by atoms with Gasteiger partial charge in [-0.15, -0.1) is 0 Å². The summed E-state index contributed by atoms with van der Waals surface area (Å²) >= 11 is 0. The van der Waals surface area contributed by atoms with Gasteiger partial charge in [0.05, 0.1) is 0 Å². The average Bonchev–Trinajstić information content (AvgIpc) is 2.93. The van der Waals surface area contributed by atoms with Gasteiger partial charge in [0.2, 0.25) is 0 Å². The first-order valence-corrected chi connectivity index (χ1v) is 11.8. The number of rotatable bonds is 2. The molecule has 2 N–H and O–H groups in total. The van der Waals surface area contributed by atoms with E-state index >= 15 is 0 Å². The molecule has 1 aromatic rings. The topological polar surface area (TPSA) is 26.0 Å². The lowest BCUT2D eigenvalue weighted by Gasteiger charge is -2.61. The summed E-state index contributed by atoms with van der Waals surface area (Å²) in [5.74, 6) is 3.81. The first-order valence-electron chi connectivity index (χ1n) is 11.8. The summed E-state index contributed by atoms with van der Waals surface area (Å²) in [6.07, 6.45) is 15.5. The van der Waals surface area contributed by atoms with E-state index in [1.807, 2.05) is 0 Å². The molecule has 0 aliphatic heterocycles. The smallest absolute Gasteiger partial charge is 0.0252 e. The van der Waals surface area contributed by atoms with E-state index in [4.69, 9.17) is 5.73 Å². The van der Waals surface area contributed by atoms with Crippen LogP contribution in [-0.4, -0.2) is 5.54 Å². The van der Waals surface area contributed by atoms with Crippen molar-refractivity contribution in [1.29, 1.82) is 0 Å². The van der Waals surface area contributed by atoms with Gasteiger partial charge in [0, 0.05) is 5.54 Å². The maximum Gasteiger partial charge on any atom is 0.0252 e. The van der Waals surface area contributed by atoms with E-state index in [1.54, 1.807) is 0 Å². The van der Waals surface area contributed by atoms with Crippen molar-refractivity contribution in [1.82, 2.24) is 0 Å². The molecule has 1 aromatic carbocycles. The molecule has 1 heteroatoms. The van der Waals surface area contributed by atoms with Crippen LogP contribution < -0.4 is 5.73 Å². The van der Waals surface area contributed by atoms with E-state index in [0.29, 0.717) is 10.8 Å². The minimum atomic E-state index is -0.00565. The second kappa shape index (κ2) is 6.34. The second-order valence-electron chi connectivity index (χ2n) is 11.2. The zero-order valence-corrected chi connectivity index (χ0v) is 17.6. The van der Waals surface area contributed by atoms with Gasteiger partial charge in [-0.05, 0) is 97.9 Å². The molecule has 0 radical (unpaired) electrons. The summed E-state index contributed by atoms with van der Waals surface area (Å²) in [7, 11) is 0. The molecule has 27 heavy (non-hydrogen) atoms. The van der Waals surface area contributed by atoms with Crippen molar-refractivity contribution < 1.29 is 0 Å². The van der Waals surface area contributed by atoms with Crippen molar-refractivity contribution >= 4 is 0 Å². The molecule has 1 nitrogen and oxygen atoms in total. The summed E-state index contributed by atoms with van der Waals surface area (Å²) in [6, 6.07) is 11.0. The first kappa shape index (κ1) is 18.2. The molecular formula is C26H39N. The molecule has 5 rings (SSSR count). The van der Waals surface area contributed by atoms with Crippen molar-refractivity contribution in [2.24, 2.45) is 40.2 Å². The Labute approximate surface area is 166 Å². The Morgan fingerprint density at radius 2 is 1.63 bits per heavy atom. The van der Waals surface area contributed by atoms with Gasteiger partial charge < -0.3 is 5.73 Å². The maximum atomic E-state index is 7.27. The predicted octanol–water partition coefficient (Wildman–Crippen LogP) is 6.36. The molecule has 2 unspecified atom stereocenters. The lowest BCUT2D eigenvalue weighted by Crippen LogP contribution is -2.59. The monoisotopic (exact) mass is 365 g/mol. The lowest BCUT2D eigenvalue weighted by atomic mass is 9.44. The minimum Gasteiger partial charge on any atom is -0.324 e. The standard InChI is InChI=1S/C26H39N/c1-24-15-7-6-10-20(24)11-12-21-22(24)13-16-25(2)23(21)14-17-26(25,27)18-19-8-4-3-5-9-19/h3-5,8-9,20-23H,6-7,10-18,27H2,1-2H3/t20?,21-,22+,23+,24+,25+,26?/m1/s1. The van der Waals surface area contributed by atoms with E-state index in [-0.39, 0.29) is 5.54 Å². The molecule has 0 spiro atoms. The van der Waals surface area contributed by atoms with Crippen molar-refractivity contribution in [2.45, 2.75) is 90.0 Å². The Balaban J connectivity index is 1.42. The SMILES string of the molecule is C[C@]12CCCCC1CC[C@@H]1[C@@H]2CC[C@@]2(C)[C@H]1CCC2(N)Cc1ccccc1. The van der Waals surface area contributed by atoms with Gasteiger partial charge in [-0.1, -0.05) is 57.0 Å². The Morgan fingerprint density at radius 3 is 2.44 bits per heavy atom. The molecule has 4 aliphatic carbocycles. The Hall–Kier alpha value is -0.820. The number of hydrogen-bond acceptors (Lipinski definition) is 1. The molecular weight excluding hydrogens is 326 g/mol. The summed E-state index contributed by atoms with van der Waals surface area (Å²) in [5.41, 5.74) is 9.67. The number of benzene rings is 1. The van der Waals surface area contributed by atoms with Gasteiger partial charge in [0.25, 0.3) is 0 Å². The van der Waals surface area contributed by atoms with E-state index in [9.17, 15) is 0 Å². The molecule has 4 saturated carbocycles. The van der Waals surface area contributed by atoms with Crippen LogP contribution in [0.3, 0.4) is 0 Å². The van der Waals surface area contributed by atoms with E-state index in [2.05, 4.69) is 44.2 Å².